The van der Waals surface area contributed by atoms with E-state index in [1.807, 2.05) is 48.5 Å². The zero-order valence-electron chi connectivity index (χ0n) is 20.2. The SMILES string of the molecule is COc1ccc(S(=O)(=O)N2CC(C(=O)N(C)CCc3ccccn3)c3ccccc32)c2ccccc12. The Kier molecular flexibility index (Phi) is 6.36. The van der Waals surface area contributed by atoms with Crippen molar-refractivity contribution in [1.29, 1.82) is 0 Å². The smallest absolute Gasteiger partial charge is 0.264 e. The van der Waals surface area contributed by atoms with Gasteiger partial charge >= 0.3 is 0 Å². The lowest BCUT2D eigenvalue weighted by Gasteiger charge is -2.23. The van der Waals surface area contributed by atoms with Gasteiger partial charge in [0.15, 0.2) is 0 Å². The fourth-order valence-corrected chi connectivity index (χ4v) is 6.48. The van der Waals surface area contributed by atoms with Crippen molar-refractivity contribution in [2.45, 2.75) is 17.2 Å². The summed E-state index contributed by atoms with van der Waals surface area (Å²) < 4.78 is 34.8. The molecule has 4 aromatic rings. The van der Waals surface area contributed by atoms with Crippen molar-refractivity contribution in [1.82, 2.24) is 9.88 Å². The first-order valence-corrected chi connectivity index (χ1v) is 13.2. The molecule has 0 spiro atoms. The number of likely N-dealkylation sites (N-methyl/N-ethyl adjacent to an activating group) is 1. The first-order chi connectivity index (χ1) is 17.4. The highest BCUT2D eigenvalue weighted by atomic mass is 32.2. The van der Waals surface area contributed by atoms with Gasteiger partial charge in [0.05, 0.1) is 30.2 Å². The summed E-state index contributed by atoms with van der Waals surface area (Å²) in [6, 6.07) is 23.5. The van der Waals surface area contributed by atoms with E-state index in [0.717, 1.165) is 11.1 Å². The van der Waals surface area contributed by atoms with Gasteiger partial charge in [0.25, 0.3) is 10.0 Å². The number of benzene rings is 3. The Bertz CT molecular complexity index is 1520. The van der Waals surface area contributed by atoms with Gasteiger partial charge < -0.3 is 9.64 Å². The van der Waals surface area contributed by atoms with Crippen LogP contribution >= 0.6 is 0 Å². The first-order valence-electron chi connectivity index (χ1n) is 11.7. The molecule has 0 radical (unpaired) electrons. The summed E-state index contributed by atoms with van der Waals surface area (Å²) in [5.74, 6) is -0.0983. The average Bonchev–Trinajstić information content (AvgIpc) is 3.32. The molecule has 1 aliphatic heterocycles. The number of ether oxygens (including phenoxy) is 1. The molecule has 2 heterocycles. The van der Waals surface area contributed by atoms with Gasteiger partial charge in [-0.3, -0.25) is 14.1 Å². The molecule has 36 heavy (non-hydrogen) atoms. The number of sulfonamides is 1. The first kappa shape index (κ1) is 23.8. The maximum Gasteiger partial charge on any atom is 0.264 e. The normalized spacial score (nSPS) is 15.1. The highest BCUT2D eigenvalue weighted by Crippen LogP contribution is 2.42. The van der Waals surface area contributed by atoms with Gasteiger partial charge in [0.1, 0.15) is 5.75 Å². The lowest BCUT2D eigenvalue weighted by atomic mass is 10.00. The van der Waals surface area contributed by atoms with Gasteiger partial charge in [-0.2, -0.15) is 0 Å². The number of carbonyl (C=O) groups excluding carboxylic acids is 1. The number of fused-ring (bicyclic) bond motifs is 2. The number of hydrogen-bond donors (Lipinski definition) is 0. The van der Waals surface area contributed by atoms with Crippen LogP contribution in [0.3, 0.4) is 0 Å². The number of hydrogen-bond acceptors (Lipinski definition) is 5. The molecule has 1 unspecified atom stereocenters. The Morgan fingerprint density at radius 2 is 1.72 bits per heavy atom. The van der Waals surface area contributed by atoms with Crippen LogP contribution in [0.4, 0.5) is 5.69 Å². The minimum absolute atomic E-state index is 0.0504. The fourth-order valence-electron chi connectivity index (χ4n) is 4.78. The van der Waals surface area contributed by atoms with E-state index in [1.165, 1.54) is 4.31 Å². The van der Waals surface area contributed by atoms with Crippen molar-refractivity contribution in [3.63, 3.8) is 0 Å². The third-order valence-electron chi connectivity index (χ3n) is 6.67. The summed E-state index contributed by atoms with van der Waals surface area (Å²) in [7, 11) is -0.639. The van der Waals surface area contributed by atoms with E-state index in [1.54, 1.807) is 55.6 Å². The van der Waals surface area contributed by atoms with Gasteiger partial charge in [-0.1, -0.05) is 48.5 Å². The summed E-state index contributed by atoms with van der Waals surface area (Å²) in [5.41, 5.74) is 2.15. The standard InChI is InChI=1S/C28H27N3O4S/c1-30(18-16-20-9-7-8-17-29-20)28(32)24-19-31(25-13-6-5-10-21(24)25)36(33,34)27-15-14-26(35-2)22-11-3-4-12-23(22)27/h3-15,17,24H,16,18-19H2,1-2H3. The topological polar surface area (TPSA) is 79.8 Å². The predicted molar refractivity (Wildman–Crippen MR) is 140 cm³/mol. The van der Waals surface area contributed by atoms with Crippen molar-refractivity contribution in [2.24, 2.45) is 0 Å². The second kappa shape index (κ2) is 9.62. The van der Waals surface area contributed by atoms with Crippen LogP contribution in [0.15, 0.2) is 90.0 Å². The Morgan fingerprint density at radius 3 is 2.47 bits per heavy atom. The molecule has 0 saturated carbocycles. The van der Waals surface area contributed by atoms with E-state index in [2.05, 4.69) is 4.98 Å². The molecule has 1 amide bonds. The van der Waals surface area contributed by atoms with Crippen LogP contribution in [0.5, 0.6) is 5.75 Å². The van der Waals surface area contributed by atoms with E-state index in [9.17, 15) is 13.2 Å². The second-order valence-electron chi connectivity index (χ2n) is 8.79. The van der Waals surface area contributed by atoms with Crippen molar-refractivity contribution in [3.05, 3.63) is 96.3 Å². The molecule has 0 bridgehead atoms. The molecule has 184 valence electrons. The zero-order chi connectivity index (χ0) is 25.3. The van der Waals surface area contributed by atoms with Gasteiger partial charge in [-0.15, -0.1) is 0 Å². The lowest BCUT2D eigenvalue weighted by Crippen LogP contribution is -2.37. The number of anilines is 1. The lowest BCUT2D eigenvalue weighted by molar-refractivity contribution is -0.131. The van der Waals surface area contributed by atoms with Crippen LogP contribution in [-0.4, -0.2) is 51.5 Å². The molecule has 3 aromatic carbocycles. The van der Waals surface area contributed by atoms with Gasteiger partial charge in [0, 0.05) is 42.7 Å². The number of para-hydroxylation sites is 1. The molecular weight excluding hydrogens is 474 g/mol. The van der Waals surface area contributed by atoms with Crippen LogP contribution in [-0.2, 0) is 21.2 Å². The van der Waals surface area contributed by atoms with Crippen LogP contribution < -0.4 is 9.04 Å². The van der Waals surface area contributed by atoms with E-state index in [0.29, 0.717) is 35.4 Å². The molecule has 8 heteroatoms. The molecule has 7 nitrogen and oxygen atoms in total. The Labute approximate surface area is 211 Å². The summed E-state index contributed by atoms with van der Waals surface area (Å²) in [6.07, 6.45) is 2.35. The monoisotopic (exact) mass is 501 g/mol. The number of pyridine rings is 1. The number of rotatable bonds is 7. The Hall–Kier alpha value is -3.91. The molecule has 1 aromatic heterocycles. The van der Waals surface area contributed by atoms with E-state index in [-0.39, 0.29) is 17.3 Å². The Morgan fingerprint density at radius 1 is 1.00 bits per heavy atom. The highest BCUT2D eigenvalue weighted by Gasteiger charge is 2.41. The maximum absolute atomic E-state index is 14.0. The average molecular weight is 502 g/mol. The van der Waals surface area contributed by atoms with Crippen LogP contribution in [0.25, 0.3) is 10.8 Å². The number of carbonyl (C=O) groups is 1. The third kappa shape index (κ3) is 4.18. The van der Waals surface area contributed by atoms with E-state index >= 15 is 0 Å². The maximum atomic E-state index is 14.0. The highest BCUT2D eigenvalue weighted by molar-refractivity contribution is 7.93. The van der Waals surface area contributed by atoms with Crippen molar-refractivity contribution < 1.29 is 17.9 Å². The van der Waals surface area contributed by atoms with Crippen molar-refractivity contribution >= 4 is 32.4 Å². The quantitative estimate of drug-likeness (QED) is 0.379. The van der Waals surface area contributed by atoms with Crippen molar-refractivity contribution in [3.8, 4) is 5.75 Å². The Balaban J connectivity index is 1.47. The molecule has 1 aliphatic rings. The number of nitrogens with zero attached hydrogens (tertiary/aromatic N) is 3. The van der Waals surface area contributed by atoms with Gasteiger partial charge in [-0.25, -0.2) is 8.42 Å². The van der Waals surface area contributed by atoms with Gasteiger partial charge in [-0.05, 0) is 35.9 Å². The summed E-state index contributed by atoms with van der Waals surface area (Å²) in [6.45, 7) is 0.541. The van der Waals surface area contributed by atoms with Crippen LogP contribution in [0.2, 0.25) is 0 Å². The summed E-state index contributed by atoms with van der Waals surface area (Å²) >= 11 is 0. The summed E-state index contributed by atoms with van der Waals surface area (Å²) in [5, 5.41) is 1.30. The molecule has 0 fully saturated rings. The largest absolute Gasteiger partial charge is 0.496 e. The zero-order valence-corrected chi connectivity index (χ0v) is 21.0. The summed E-state index contributed by atoms with van der Waals surface area (Å²) in [4.78, 5) is 19.7. The van der Waals surface area contributed by atoms with Crippen LogP contribution in [0.1, 0.15) is 17.2 Å². The van der Waals surface area contributed by atoms with Crippen molar-refractivity contribution in [2.75, 3.05) is 31.6 Å². The number of methoxy groups -OCH3 is 1. The fraction of sp³-hybridized carbons (Fsp3) is 0.214. The predicted octanol–water partition coefficient (Wildman–Crippen LogP) is 4.24. The minimum atomic E-state index is -3.95. The number of aromatic nitrogens is 1. The molecule has 1 atom stereocenters. The minimum Gasteiger partial charge on any atom is -0.496 e. The molecule has 0 saturated heterocycles. The second-order valence-corrected chi connectivity index (χ2v) is 10.6. The number of amides is 1. The van der Waals surface area contributed by atoms with Gasteiger partial charge in [0.2, 0.25) is 5.91 Å². The molecule has 0 aliphatic carbocycles. The third-order valence-corrected chi connectivity index (χ3v) is 8.50. The van der Waals surface area contributed by atoms with Crippen LogP contribution in [0, 0.1) is 0 Å². The van der Waals surface area contributed by atoms with E-state index in [4.69, 9.17) is 4.74 Å². The molecular formula is C28H27N3O4S. The molecule has 0 N–H and O–H groups in total. The van der Waals surface area contributed by atoms with E-state index < -0.39 is 15.9 Å². The molecule has 5 rings (SSSR count).